The van der Waals surface area contributed by atoms with Gasteiger partial charge in [0.25, 0.3) is 0 Å². The number of azo groups is 2. The fourth-order valence-corrected chi connectivity index (χ4v) is 5.99. The van der Waals surface area contributed by atoms with Crippen molar-refractivity contribution in [3.8, 4) is 17.2 Å². The van der Waals surface area contributed by atoms with Gasteiger partial charge in [-0.1, -0.05) is 18.2 Å². The molecule has 0 unspecified atom stereocenters. The Balaban J connectivity index is 0.00000300. The fraction of sp³-hybridized carbons (Fsp3) is 0. The Labute approximate surface area is 356 Å². The van der Waals surface area contributed by atoms with E-state index in [0.29, 0.717) is 17.8 Å². The van der Waals surface area contributed by atoms with Gasteiger partial charge in [-0.05, 0) is 60.0 Å². The van der Waals surface area contributed by atoms with E-state index < -0.39 is 73.7 Å². The molecule has 5 rings (SSSR count). The number of anilines is 2. The molecule has 23 heteroatoms. The van der Waals surface area contributed by atoms with E-state index in [9.17, 15) is 54.2 Å². The van der Waals surface area contributed by atoms with Crippen molar-refractivity contribution in [1.82, 2.24) is 0 Å². The van der Waals surface area contributed by atoms with Gasteiger partial charge in [-0.2, -0.15) is 5.11 Å². The van der Waals surface area contributed by atoms with Gasteiger partial charge >= 0.3 is 88.7 Å². The first kappa shape index (κ1) is 44.7. The maximum Gasteiger partial charge on any atom is 1.00 e. The van der Waals surface area contributed by atoms with E-state index in [1.165, 1.54) is 12.1 Å². The van der Waals surface area contributed by atoms with Crippen LogP contribution in [0.3, 0.4) is 0 Å². The Morgan fingerprint density at radius 3 is 1.61 bits per heavy atom. The van der Waals surface area contributed by atoms with Crippen molar-refractivity contribution < 1.29 is 143 Å². The van der Waals surface area contributed by atoms with Crippen LogP contribution in [0.25, 0.3) is 10.8 Å². The first-order chi connectivity index (χ1) is 22.4. The third-order valence-electron chi connectivity index (χ3n) is 6.43. The molecule has 0 aliphatic heterocycles. The summed E-state index contributed by atoms with van der Waals surface area (Å²) in [4.78, 5) is -2.49. The van der Waals surface area contributed by atoms with Gasteiger partial charge < -0.3 is 34.3 Å². The van der Waals surface area contributed by atoms with Crippen LogP contribution in [0.1, 0.15) is 0 Å². The zero-order chi connectivity index (χ0) is 35.0. The van der Waals surface area contributed by atoms with Crippen molar-refractivity contribution in [1.29, 1.82) is 0 Å². The minimum absolute atomic E-state index is 0. The van der Waals surface area contributed by atoms with Crippen LogP contribution in [0.2, 0.25) is 0 Å². The predicted octanol–water partition coefficient (Wildman–Crippen LogP) is -3.74. The largest absolute Gasteiger partial charge is 1.00 e. The number of hydrogen-bond donors (Lipinski definition) is 4. The van der Waals surface area contributed by atoms with E-state index in [1.54, 1.807) is 30.3 Å². The van der Waals surface area contributed by atoms with Crippen LogP contribution in [-0.2, 0) is 30.4 Å². The van der Waals surface area contributed by atoms with Gasteiger partial charge in [0.15, 0.2) is 0 Å². The first-order valence-electron chi connectivity index (χ1n) is 12.9. The second kappa shape index (κ2) is 17.5. The zero-order valence-electron chi connectivity index (χ0n) is 26.6. The molecule has 0 aliphatic rings. The Kier molecular flexibility index (Phi) is 15.4. The zero-order valence-corrected chi connectivity index (χ0v) is 35.1. The summed E-state index contributed by atoms with van der Waals surface area (Å²) in [7, 11) is -15.3. The molecule has 5 aromatic carbocycles. The molecule has 0 radical (unpaired) electrons. The molecule has 4 N–H and O–H groups in total. The van der Waals surface area contributed by atoms with Crippen LogP contribution in [0.4, 0.5) is 34.1 Å². The Hall–Kier alpha value is -2.51. The maximum absolute atomic E-state index is 12.0. The number of rotatable bonds is 9. The smallest absolute Gasteiger partial charge is 0.744 e. The third-order valence-corrected chi connectivity index (χ3v) is 8.93. The summed E-state index contributed by atoms with van der Waals surface area (Å²) in [6, 6.07) is 16.4. The number of phenolic OH excluding ortho intramolecular Hbond substituents is 3. The van der Waals surface area contributed by atoms with Gasteiger partial charge in [0.2, 0.25) is 0 Å². The van der Waals surface area contributed by atoms with Crippen molar-refractivity contribution in [2.75, 3.05) is 5.32 Å². The van der Waals surface area contributed by atoms with Gasteiger partial charge in [-0.3, -0.25) is 0 Å². The van der Waals surface area contributed by atoms with Crippen LogP contribution >= 0.6 is 0 Å². The molecule has 0 saturated heterocycles. The van der Waals surface area contributed by atoms with Crippen LogP contribution in [-0.4, -0.2) is 54.2 Å². The molecule has 0 spiro atoms. The minimum Gasteiger partial charge on any atom is -0.744 e. The standard InChI is InChI=1S/C28H21N5O12S3.3Na/c34-24-14-25(35)22(32-33-23-11-18(46(37,38)39)8-15-9-19(47(40,41)42)12-26(36)28(15)23)13-21(24)31-30-17-6-7-20(27(10-17)48(43,44)45)29-16-4-2-1-3-5-16;;;/h1-14,29,34-36H,(H,37,38,39)(H,40,41,42)(H,43,44,45);;;/q;3*+1/p-3. The summed E-state index contributed by atoms with van der Waals surface area (Å²) in [6.07, 6.45) is 0. The molecular weight excluding hydrogens is 764 g/mol. The number of fused-ring (bicyclic) bond motifs is 1. The second-order valence-corrected chi connectivity index (χ2v) is 13.9. The molecule has 17 nitrogen and oxygen atoms in total. The summed E-state index contributed by atoms with van der Waals surface area (Å²) in [6.45, 7) is 0. The van der Waals surface area contributed by atoms with Crippen molar-refractivity contribution in [2.45, 2.75) is 14.7 Å². The average Bonchev–Trinajstić information content (AvgIpc) is 2.99. The summed E-state index contributed by atoms with van der Waals surface area (Å²) < 4.78 is 106. The van der Waals surface area contributed by atoms with Crippen molar-refractivity contribution in [2.24, 2.45) is 20.5 Å². The molecule has 0 bridgehead atoms. The van der Waals surface area contributed by atoms with Crippen LogP contribution in [0, 0.1) is 0 Å². The molecule has 0 heterocycles. The Morgan fingerprint density at radius 2 is 1.06 bits per heavy atom. The van der Waals surface area contributed by atoms with Crippen LogP contribution in [0.5, 0.6) is 17.2 Å². The number of nitrogens with one attached hydrogen (secondary N) is 1. The van der Waals surface area contributed by atoms with E-state index in [2.05, 4.69) is 25.8 Å². The maximum atomic E-state index is 12.0. The predicted molar refractivity (Wildman–Crippen MR) is 164 cm³/mol. The molecule has 0 fully saturated rings. The molecule has 0 atom stereocenters. The van der Waals surface area contributed by atoms with E-state index in [0.717, 1.165) is 30.3 Å². The van der Waals surface area contributed by atoms with E-state index in [4.69, 9.17) is 0 Å². The van der Waals surface area contributed by atoms with Crippen LogP contribution < -0.4 is 94.0 Å². The van der Waals surface area contributed by atoms with E-state index >= 15 is 0 Å². The van der Waals surface area contributed by atoms with Gasteiger partial charge in [0.1, 0.15) is 59.0 Å². The molecule has 0 amide bonds. The monoisotopic (exact) mass is 781 g/mol. The van der Waals surface area contributed by atoms with Gasteiger partial charge in [0, 0.05) is 17.8 Å². The summed E-state index contributed by atoms with van der Waals surface area (Å²) >= 11 is 0. The van der Waals surface area contributed by atoms with Crippen molar-refractivity contribution >= 4 is 75.3 Å². The van der Waals surface area contributed by atoms with Gasteiger partial charge in [-0.15, -0.1) is 15.3 Å². The molecule has 0 aliphatic carbocycles. The van der Waals surface area contributed by atoms with Crippen LogP contribution in [0.15, 0.2) is 120 Å². The molecule has 248 valence electrons. The SMILES string of the molecule is O=S(=O)([O-])c1cc(O)c2c(N=Nc3cc(N=Nc4ccc(Nc5ccccc5)c(S(=O)(=O)[O-])c4)c(O)cc3O)cc(S(=O)(=O)[O-])cc2c1.[Na+].[Na+].[Na+]. The molecular formula is C28H18N5Na3O12S3. The average molecular weight is 782 g/mol. The van der Waals surface area contributed by atoms with Gasteiger partial charge in [0.05, 0.1) is 37.1 Å². The molecule has 5 aromatic rings. The first-order valence-corrected chi connectivity index (χ1v) is 17.2. The van der Waals surface area contributed by atoms with Gasteiger partial charge in [-0.25, -0.2) is 25.3 Å². The number of hydrogen-bond acceptors (Lipinski definition) is 17. The Morgan fingerprint density at radius 1 is 0.529 bits per heavy atom. The minimum atomic E-state index is -5.18. The number of benzene rings is 5. The second-order valence-electron chi connectivity index (χ2n) is 9.75. The van der Waals surface area contributed by atoms with Crippen molar-refractivity contribution in [3.05, 3.63) is 84.9 Å². The number of aromatic hydroxyl groups is 3. The fourth-order valence-electron chi connectivity index (χ4n) is 4.28. The number of phenols is 3. The summed E-state index contributed by atoms with van der Waals surface area (Å²) in [5.74, 6) is -2.16. The summed E-state index contributed by atoms with van der Waals surface area (Å²) in [5, 5.41) is 48.4. The summed E-state index contributed by atoms with van der Waals surface area (Å²) in [5.41, 5.74) is -0.945. The molecule has 51 heavy (non-hydrogen) atoms. The van der Waals surface area contributed by atoms with E-state index in [-0.39, 0.29) is 117 Å². The molecule has 0 saturated carbocycles. The quantitative estimate of drug-likeness (QED) is 0.0636. The van der Waals surface area contributed by atoms with Crippen molar-refractivity contribution in [3.63, 3.8) is 0 Å². The topological polar surface area (TPSA) is 294 Å². The third kappa shape index (κ3) is 11.0. The van der Waals surface area contributed by atoms with E-state index in [1.807, 2.05) is 0 Å². The number of nitrogens with zero attached hydrogens (tertiary/aromatic N) is 4. The number of para-hydroxylation sites is 1. The Bertz CT molecular complexity index is 2500. The normalized spacial score (nSPS) is 11.9. The molecule has 0 aromatic heterocycles.